The van der Waals surface area contributed by atoms with E-state index in [0.29, 0.717) is 19.5 Å². The second-order valence-corrected chi connectivity index (χ2v) is 4.78. The van der Waals surface area contributed by atoms with Gasteiger partial charge in [0.25, 0.3) is 0 Å². The molecular formula is C12H18N4O3. The highest BCUT2D eigenvalue weighted by molar-refractivity contribution is 5.83. The fourth-order valence-corrected chi connectivity index (χ4v) is 2.30. The van der Waals surface area contributed by atoms with E-state index in [1.165, 1.54) is 9.80 Å². The minimum Gasteiger partial charge on any atom is -0.480 e. The highest BCUT2D eigenvalue weighted by atomic mass is 16.4. The number of aryl methyl sites for hydroxylation is 1. The van der Waals surface area contributed by atoms with Crippen LogP contribution in [0.4, 0.5) is 4.79 Å². The van der Waals surface area contributed by atoms with Crippen LogP contribution < -0.4 is 0 Å². The van der Waals surface area contributed by atoms with Crippen LogP contribution in [0.2, 0.25) is 0 Å². The first-order valence-corrected chi connectivity index (χ1v) is 6.21. The normalized spacial score (nSPS) is 18.6. The standard InChI is InChI=1S/C12H18N4O3/c1-14-7-5-13-10(14)8-15(2)12(19)16-6-3-4-9(16)11(17)18/h5,7,9H,3-4,6,8H2,1-2H3,(H,17,18)/t9-/m1/s1. The zero-order valence-corrected chi connectivity index (χ0v) is 11.1. The van der Waals surface area contributed by atoms with E-state index in [2.05, 4.69) is 4.98 Å². The Morgan fingerprint density at radius 2 is 2.32 bits per heavy atom. The fourth-order valence-electron chi connectivity index (χ4n) is 2.30. The van der Waals surface area contributed by atoms with Crippen LogP contribution in [0, 0.1) is 0 Å². The number of nitrogens with zero attached hydrogens (tertiary/aromatic N) is 4. The van der Waals surface area contributed by atoms with E-state index >= 15 is 0 Å². The maximum Gasteiger partial charge on any atom is 0.326 e. The van der Waals surface area contributed by atoms with E-state index in [1.807, 2.05) is 17.8 Å². The van der Waals surface area contributed by atoms with Crippen molar-refractivity contribution in [2.45, 2.75) is 25.4 Å². The second kappa shape index (κ2) is 5.29. The Morgan fingerprint density at radius 3 is 2.89 bits per heavy atom. The van der Waals surface area contributed by atoms with Crippen molar-refractivity contribution in [2.24, 2.45) is 7.05 Å². The number of carbonyl (C=O) groups is 2. The SMILES string of the molecule is CN(Cc1nccn1C)C(=O)N1CCC[C@@H]1C(=O)O. The van der Waals surface area contributed by atoms with Gasteiger partial charge < -0.3 is 19.5 Å². The number of urea groups is 1. The molecule has 1 aromatic rings. The van der Waals surface area contributed by atoms with E-state index in [4.69, 9.17) is 5.11 Å². The summed E-state index contributed by atoms with van der Waals surface area (Å²) in [6.45, 7) is 0.867. The largest absolute Gasteiger partial charge is 0.480 e. The van der Waals surface area contributed by atoms with Gasteiger partial charge in [0.2, 0.25) is 0 Å². The number of carbonyl (C=O) groups excluding carboxylic acids is 1. The van der Waals surface area contributed by atoms with Gasteiger partial charge in [0, 0.05) is 33.0 Å². The van der Waals surface area contributed by atoms with Gasteiger partial charge in [0.15, 0.2) is 0 Å². The van der Waals surface area contributed by atoms with Crippen LogP contribution in [0.3, 0.4) is 0 Å². The minimum absolute atomic E-state index is 0.257. The summed E-state index contributed by atoms with van der Waals surface area (Å²) in [7, 11) is 3.52. The number of carboxylic acid groups (broad SMARTS) is 1. The lowest BCUT2D eigenvalue weighted by Crippen LogP contribution is -2.46. The number of hydrogen-bond donors (Lipinski definition) is 1. The highest BCUT2D eigenvalue weighted by Crippen LogP contribution is 2.19. The highest BCUT2D eigenvalue weighted by Gasteiger charge is 2.35. The molecule has 0 bridgehead atoms. The zero-order valence-electron chi connectivity index (χ0n) is 11.1. The number of aromatic nitrogens is 2. The van der Waals surface area contributed by atoms with Crippen LogP contribution in [0.5, 0.6) is 0 Å². The lowest BCUT2D eigenvalue weighted by molar-refractivity contribution is -0.141. The second-order valence-electron chi connectivity index (χ2n) is 4.78. The average Bonchev–Trinajstić information content (AvgIpc) is 2.98. The lowest BCUT2D eigenvalue weighted by atomic mass is 10.2. The summed E-state index contributed by atoms with van der Waals surface area (Å²) in [6.07, 6.45) is 4.74. The summed E-state index contributed by atoms with van der Waals surface area (Å²) in [5.74, 6) is -0.168. The van der Waals surface area contributed by atoms with Gasteiger partial charge in [0.05, 0.1) is 6.54 Å². The van der Waals surface area contributed by atoms with E-state index < -0.39 is 12.0 Å². The summed E-state index contributed by atoms with van der Waals surface area (Å²) < 4.78 is 1.84. The van der Waals surface area contributed by atoms with Crippen LogP contribution in [0.25, 0.3) is 0 Å². The molecular weight excluding hydrogens is 248 g/mol. The van der Waals surface area contributed by atoms with E-state index in [0.717, 1.165) is 12.2 Å². The number of aliphatic carboxylic acids is 1. The Kier molecular flexibility index (Phi) is 3.73. The van der Waals surface area contributed by atoms with Gasteiger partial charge in [-0.15, -0.1) is 0 Å². The molecule has 7 heteroatoms. The first-order chi connectivity index (χ1) is 9.00. The topological polar surface area (TPSA) is 78.7 Å². The van der Waals surface area contributed by atoms with Gasteiger partial charge in [-0.25, -0.2) is 14.6 Å². The zero-order chi connectivity index (χ0) is 14.0. The fraction of sp³-hybridized carbons (Fsp3) is 0.583. The third-order valence-corrected chi connectivity index (χ3v) is 3.41. The van der Waals surface area contributed by atoms with Gasteiger partial charge >= 0.3 is 12.0 Å². The number of likely N-dealkylation sites (tertiary alicyclic amines) is 1. The molecule has 19 heavy (non-hydrogen) atoms. The van der Waals surface area contributed by atoms with Crippen molar-refractivity contribution < 1.29 is 14.7 Å². The van der Waals surface area contributed by atoms with Crippen LogP contribution in [-0.4, -0.2) is 56.1 Å². The van der Waals surface area contributed by atoms with Crippen LogP contribution in [0.15, 0.2) is 12.4 Å². The molecule has 1 aliphatic rings. The quantitative estimate of drug-likeness (QED) is 0.865. The van der Waals surface area contributed by atoms with Crippen molar-refractivity contribution in [1.82, 2.24) is 19.4 Å². The predicted octanol–water partition coefficient (Wildman–Crippen LogP) is 0.521. The van der Waals surface area contributed by atoms with Gasteiger partial charge in [-0.1, -0.05) is 0 Å². The molecule has 1 saturated heterocycles. The Bertz CT molecular complexity index is 485. The molecule has 0 aliphatic carbocycles. The Hall–Kier alpha value is -2.05. The van der Waals surface area contributed by atoms with Gasteiger partial charge in [0.1, 0.15) is 11.9 Å². The number of carboxylic acids is 1. The number of hydrogen-bond acceptors (Lipinski definition) is 3. The average molecular weight is 266 g/mol. The van der Waals surface area contributed by atoms with Crippen molar-refractivity contribution in [3.8, 4) is 0 Å². The molecule has 0 saturated carbocycles. The van der Waals surface area contributed by atoms with Crippen LogP contribution in [0.1, 0.15) is 18.7 Å². The van der Waals surface area contributed by atoms with E-state index in [-0.39, 0.29) is 6.03 Å². The van der Waals surface area contributed by atoms with Gasteiger partial charge in [-0.2, -0.15) is 0 Å². The summed E-state index contributed by atoms with van der Waals surface area (Å²) in [6, 6.07) is -0.954. The van der Waals surface area contributed by atoms with Crippen molar-refractivity contribution in [1.29, 1.82) is 0 Å². The van der Waals surface area contributed by atoms with Gasteiger partial charge in [-0.3, -0.25) is 0 Å². The maximum atomic E-state index is 12.2. The first kappa shape index (κ1) is 13.4. The Morgan fingerprint density at radius 1 is 1.58 bits per heavy atom. The van der Waals surface area contributed by atoms with Crippen LogP contribution >= 0.6 is 0 Å². The monoisotopic (exact) mass is 266 g/mol. The van der Waals surface area contributed by atoms with E-state index in [1.54, 1.807) is 13.2 Å². The number of amides is 2. The molecule has 1 aliphatic heterocycles. The summed E-state index contributed by atoms with van der Waals surface area (Å²) in [5.41, 5.74) is 0. The molecule has 0 unspecified atom stereocenters. The van der Waals surface area contributed by atoms with E-state index in [9.17, 15) is 9.59 Å². The molecule has 2 rings (SSSR count). The summed E-state index contributed by atoms with van der Waals surface area (Å²) in [5, 5.41) is 9.09. The van der Waals surface area contributed by atoms with Crippen molar-refractivity contribution >= 4 is 12.0 Å². The van der Waals surface area contributed by atoms with Crippen LogP contribution in [-0.2, 0) is 18.4 Å². The Labute approximate surface area is 111 Å². The molecule has 1 aromatic heterocycles. The molecule has 7 nitrogen and oxygen atoms in total. The summed E-state index contributed by atoms with van der Waals surface area (Å²) in [4.78, 5) is 30.4. The third-order valence-electron chi connectivity index (χ3n) is 3.41. The van der Waals surface area contributed by atoms with Crippen molar-refractivity contribution in [3.63, 3.8) is 0 Å². The third kappa shape index (κ3) is 2.69. The molecule has 1 N–H and O–H groups in total. The van der Waals surface area contributed by atoms with Crippen molar-refractivity contribution in [2.75, 3.05) is 13.6 Å². The number of rotatable bonds is 3. The molecule has 1 fully saturated rings. The maximum absolute atomic E-state index is 12.2. The lowest BCUT2D eigenvalue weighted by Gasteiger charge is -2.27. The smallest absolute Gasteiger partial charge is 0.326 e. The molecule has 0 aromatic carbocycles. The molecule has 0 radical (unpaired) electrons. The molecule has 104 valence electrons. The Balaban J connectivity index is 2.03. The first-order valence-electron chi connectivity index (χ1n) is 6.21. The minimum atomic E-state index is -0.934. The van der Waals surface area contributed by atoms with Gasteiger partial charge in [-0.05, 0) is 12.8 Å². The predicted molar refractivity (Wildman–Crippen MR) is 67.4 cm³/mol. The number of imidazole rings is 1. The molecule has 0 spiro atoms. The summed E-state index contributed by atoms with van der Waals surface area (Å²) >= 11 is 0. The van der Waals surface area contributed by atoms with Crippen molar-refractivity contribution in [3.05, 3.63) is 18.2 Å². The molecule has 1 atom stereocenters. The molecule has 2 heterocycles. The molecule has 2 amide bonds.